The summed E-state index contributed by atoms with van der Waals surface area (Å²) in [6, 6.07) is 0. The summed E-state index contributed by atoms with van der Waals surface area (Å²) in [6.07, 6.45) is 5.70. The Balaban J connectivity index is 2.17. The maximum absolute atomic E-state index is 12.5. The van der Waals surface area contributed by atoms with E-state index in [0.29, 0.717) is 31.8 Å². The SMILES string of the molecule is CC1CCCC(O)(C2(CO)CCCN(C(=O)OC(C)(C)C)C2)CC1. The highest BCUT2D eigenvalue weighted by atomic mass is 16.6. The smallest absolute Gasteiger partial charge is 0.410 e. The molecule has 0 aromatic rings. The second-order valence-electron chi connectivity index (χ2n) is 9.01. The molecule has 0 aromatic heterocycles. The minimum atomic E-state index is -0.896. The van der Waals surface area contributed by atoms with Gasteiger partial charge in [0.05, 0.1) is 12.2 Å². The van der Waals surface area contributed by atoms with Crippen LogP contribution in [0.3, 0.4) is 0 Å². The summed E-state index contributed by atoms with van der Waals surface area (Å²) in [4.78, 5) is 14.1. The van der Waals surface area contributed by atoms with Gasteiger partial charge in [0.25, 0.3) is 0 Å². The fourth-order valence-electron chi connectivity index (χ4n) is 4.30. The normalized spacial score (nSPS) is 35.4. The molecule has 0 bridgehead atoms. The summed E-state index contributed by atoms with van der Waals surface area (Å²) in [6.45, 7) is 8.71. The van der Waals surface area contributed by atoms with Crippen molar-refractivity contribution in [2.75, 3.05) is 19.7 Å². The Hall–Kier alpha value is -0.810. The van der Waals surface area contributed by atoms with Crippen molar-refractivity contribution < 1.29 is 19.7 Å². The van der Waals surface area contributed by atoms with Crippen molar-refractivity contribution in [3.63, 3.8) is 0 Å². The van der Waals surface area contributed by atoms with Crippen LogP contribution in [-0.4, -0.2) is 52.1 Å². The summed E-state index contributed by atoms with van der Waals surface area (Å²) in [5.41, 5.74) is -2.07. The Morgan fingerprint density at radius 2 is 1.92 bits per heavy atom. The fourth-order valence-corrected chi connectivity index (χ4v) is 4.30. The Labute approximate surface area is 146 Å². The first-order valence-corrected chi connectivity index (χ1v) is 9.42. The van der Waals surface area contributed by atoms with Crippen molar-refractivity contribution >= 4 is 6.09 Å². The van der Waals surface area contributed by atoms with E-state index in [-0.39, 0.29) is 12.7 Å². The number of ether oxygens (including phenoxy) is 1. The van der Waals surface area contributed by atoms with E-state index in [1.807, 2.05) is 20.8 Å². The van der Waals surface area contributed by atoms with Crippen molar-refractivity contribution in [1.29, 1.82) is 0 Å². The summed E-state index contributed by atoms with van der Waals surface area (Å²) in [5, 5.41) is 21.6. The molecule has 24 heavy (non-hydrogen) atoms. The van der Waals surface area contributed by atoms with Crippen LogP contribution >= 0.6 is 0 Å². The minimum Gasteiger partial charge on any atom is -0.444 e. The first-order chi connectivity index (χ1) is 11.1. The highest BCUT2D eigenvalue weighted by Crippen LogP contribution is 2.47. The molecule has 0 aromatic carbocycles. The zero-order valence-corrected chi connectivity index (χ0v) is 15.8. The highest BCUT2D eigenvalue weighted by molar-refractivity contribution is 5.68. The zero-order chi connectivity index (χ0) is 18.0. The molecule has 3 atom stereocenters. The lowest BCUT2D eigenvalue weighted by atomic mass is 9.64. The van der Waals surface area contributed by atoms with Gasteiger partial charge in [0.2, 0.25) is 0 Å². The fraction of sp³-hybridized carbons (Fsp3) is 0.947. The van der Waals surface area contributed by atoms with Crippen LogP contribution in [-0.2, 0) is 4.74 Å². The molecule has 3 unspecified atom stereocenters. The molecular formula is C19H35NO4. The largest absolute Gasteiger partial charge is 0.444 e. The van der Waals surface area contributed by atoms with Gasteiger partial charge in [-0.25, -0.2) is 4.79 Å². The van der Waals surface area contributed by atoms with Gasteiger partial charge in [-0.1, -0.05) is 19.8 Å². The van der Waals surface area contributed by atoms with Gasteiger partial charge in [0, 0.05) is 18.5 Å². The van der Waals surface area contributed by atoms with E-state index in [4.69, 9.17) is 4.74 Å². The molecule has 2 rings (SSSR count). The number of piperidine rings is 1. The molecule has 1 aliphatic heterocycles. The Morgan fingerprint density at radius 1 is 1.21 bits per heavy atom. The number of rotatable bonds is 2. The summed E-state index contributed by atoms with van der Waals surface area (Å²) >= 11 is 0. The molecule has 0 radical (unpaired) electrons. The van der Waals surface area contributed by atoms with E-state index >= 15 is 0 Å². The first-order valence-electron chi connectivity index (χ1n) is 9.42. The number of carbonyl (C=O) groups excluding carboxylic acids is 1. The van der Waals surface area contributed by atoms with Gasteiger partial charge in [-0.3, -0.25) is 0 Å². The van der Waals surface area contributed by atoms with Crippen molar-refractivity contribution in [1.82, 2.24) is 4.90 Å². The molecule has 5 heteroatoms. The molecule has 1 saturated heterocycles. The predicted molar refractivity (Wildman–Crippen MR) is 93.8 cm³/mol. The standard InChI is InChI=1S/C19H35NO4/c1-15-7-5-10-19(23,11-8-15)18(14-21)9-6-12-20(13-18)16(22)24-17(2,3)4/h15,21,23H,5-14H2,1-4H3. The van der Waals surface area contributed by atoms with E-state index in [2.05, 4.69) is 6.92 Å². The third kappa shape index (κ3) is 4.23. The van der Waals surface area contributed by atoms with E-state index in [1.165, 1.54) is 0 Å². The van der Waals surface area contributed by atoms with Crippen LogP contribution in [0.15, 0.2) is 0 Å². The molecular weight excluding hydrogens is 306 g/mol. The second-order valence-corrected chi connectivity index (χ2v) is 9.01. The lowest BCUT2D eigenvalue weighted by Gasteiger charge is -2.51. The molecule has 2 fully saturated rings. The number of hydrogen-bond donors (Lipinski definition) is 2. The molecule has 1 amide bonds. The van der Waals surface area contributed by atoms with Crippen molar-refractivity contribution in [3.8, 4) is 0 Å². The zero-order valence-electron chi connectivity index (χ0n) is 15.8. The summed E-state index contributed by atoms with van der Waals surface area (Å²) in [7, 11) is 0. The maximum atomic E-state index is 12.5. The maximum Gasteiger partial charge on any atom is 0.410 e. The van der Waals surface area contributed by atoms with Crippen LogP contribution in [0.25, 0.3) is 0 Å². The quantitative estimate of drug-likeness (QED) is 0.756. The van der Waals surface area contributed by atoms with Crippen LogP contribution in [0.1, 0.15) is 72.6 Å². The van der Waals surface area contributed by atoms with Gasteiger partial charge in [-0.15, -0.1) is 0 Å². The van der Waals surface area contributed by atoms with Gasteiger partial charge in [-0.05, 0) is 58.8 Å². The van der Waals surface area contributed by atoms with Crippen LogP contribution in [0.5, 0.6) is 0 Å². The van der Waals surface area contributed by atoms with E-state index in [1.54, 1.807) is 4.90 Å². The molecule has 5 nitrogen and oxygen atoms in total. The number of likely N-dealkylation sites (tertiary alicyclic amines) is 1. The molecule has 2 N–H and O–H groups in total. The third-order valence-electron chi connectivity index (χ3n) is 5.86. The predicted octanol–water partition coefficient (Wildman–Crippen LogP) is 3.33. The van der Waals surface area contributed by atoms with Crippen molar-refractivity contribution in [2.45, 2.75) is 83.8 Å². The Kier molecular flexibility index (Phi) is 5.86. The Bertz CT molecular complexity index is 447. The number of aliphatic hydroxyl groups is 2. The first kappa shape index (κ1) is 19.5. The minimum absolute atomic E-state index is 0.0861. The topological polar surface area (TPSA) is 70.0 Å². The van der Waals surface area contributed by atoms with Gasteiger partial charge in [-0.2, -0.15) is 0 Å². The monoisotopic (exact) mass is 341 g/mol. The number of carbonyl (C=O) groups is 1. The van der Waals surface area contributed by atoms with Crippen molar-refractivity contribution in [2.24, 2.45) is 11.3 Å². The number of hydrogen-bond acceptors (Lipinski definition) is 4. The average molecular weight is 341 g/mol. The molecule has 0 spiro atoms. The average Bonchev–Trinajstić information content (AvgIpc) is 2.68. The van der Waals surface area contributed by atoms with Crippen molar-refractivity contribution in [3.05, 3.63) is 0 Å². The molecule has 1 heterocycles. The van der Waals surface area contributed by atoms with E-state index in [9.17, 15) is 15.0 Å². The lowest BCUT2D eigenvalue weighted by Crippen LogP contribution is -2.60. The molecule has 1 saturated carbocycles. The number of nitrogens with zero attached hydrogens (tertiary/aromatic N) is 1. The molecule has 1 aliphatic carbocycles. The number of aliphatic hydroxyl groups excluding tert-OH is 1. The van der Waals surface area contributed by atoms with Crippen LogP contribution in [0, 0.1) is 11.3 Å². The Morgan fingerprint density at radius 3 is 2.54 bits per heavy atom. The van der Waals surface area contributed by atoms with Gasteiger partial charge >= 0.3 is 6.09 Å². The van der Waals surface area contributed by atoms with Gasteiger partial charge in [0.1, 0.15) is 5.60 Å². The van der Waals surface area contributed by atoms with Crippen LogP contribution in [0.2, 0.25) is 0 Å². The van der Waals surface area contributed by atoms with E-state index in [0.717, 1.165) is 32.1 Å². The lowest BCUT2D eigenvalue weighted by molar-refractivity contribution is -0.146. The molecule has 140 valence electrons. The van der Waals surface area contributed by atoms with Crippen LogP contribution in [0.4, 0.5) is 4.79 Å². The third-order valence-corrected chi connectivity index (χ3v) is 5.86. The number of amides is 1. The highest BCUT2D eigenvalue weighted by Gasteiger charge is 2.52. The molecule has 2 aliphatic rings. The second kappa shape index (κ2) is 7.20. The van der Waals surface area contributed by atoms with Gasteiger partial charge in [0.15, 0.2) is 0 Å². The van der Waals surface area contributed by atoms with Gasteiger partial charge < -0.3 is 19.8 Å². The van der Waals surface area contributed by atoms with Crippen LogP contribution < -0.4 is 0 Å². The summed E-state index contributed by atoms with van der Waals surface area (Å²) < 4.78 is 5.50. The summed E-state index contributed by atoms with van der Waals surface area (Å²) in [5.74, 6) is 0.611. The van der Waals surface area contributed by atoms with E-state index < -0.39 is 16.6 Å².